The normalized spacial score (nSPS) is 14.4. The van der Waals surface area contributed by atoms with E-state index in [4.69, 9.17) is 0 Å². The van der Waals surface area contributed by atoms with Gasteiger partial charge in [0.25, 0.3) is 0 Å². The largest absolute Gasteiger partial charge is 0.309 e. The van der Waals surface area contributed by atoms with Gasteiger partial charge >= 0.3 is 0 Å². The number of rotatable bonds is 4. The highest BCUT2D eigenvalue weighted by Crippen LogP contribution is 2.63. The van der Waals surface area contributed by atoms with Crippen LogP contribution in [-0.4, -0.2) is 0 Å². The third-order valence-corrected chi connectivity index (χ3v) is 13.3. The predicted molar refractivity (Wildman–Crippen MR) is 229 cm³/mol. The highest BCUT2D eigenvalue weighted by molar-refractivity contribution is 7.26. The molecule has 0 aliphatic heterocycles. The van der Waals surface area contributed by atoms with Crippen LogP contribution in [-0.2, 0) is 10.8 Å². The first-order chi connectivity index (χ1) is 26.6. The molecule has 1 aromatic heterocycles. The molecule has 0 radical (unpaired) electrons. The van der Waals surface area contributed by atoms with Crippen LogP contribution >= 0.6 is 11.3 Å². The molecular formula is C52H37NS. The van der Waals surface area contributed by atoms with Crippen molar-refractivity contribution in [3.63, 3.8) is 0 Å². The average Bonchev–Trinajstić information content (AvgIpc) is 3.75. The third kappa shape index (κ3) is 4.20. The fourth-order valence-corrected chi connectivity index (χ4v) is 11.2. The molecule has 0 bridgehead atoms. The molecule has 54 heavy (non-hydrogen) atoms. The number of anilines is 3. The Labute approximate surface area is 320 Å². The summed E-state index contributed by atoms with van der Waals surface area (Å²) in [6, 6.07) is 70.0. The van der Waals surface area contributed by atoms with Crippen LogP contribution in [0.4, 0.5) is 17.1 Å². The minimum Gasteiger partial charge on any atom is -0.309 e. The molecule has 11 rings (SSSR count). The first kappa shape index (κ1) is 31.3. The van der Waals surface area contributed by atoms with Crippen molar-refractivity contribution in [1.29, 1.82) is 0 Å². The zero-order valence-corrected chi connectivity index (χ0v) is 31.1. The van der Waals surface area contributed by atoms with Gasteiger partial charge < -0.3 is 4.90 Å². The second-order valence-electron chi connectivity index (χ2n) is 15.2. The fourth-order valence-electron chi connectivity index (χ4n) is 9.95. The van der Waals surface area contributed by atoms with Crippen LogP contribution in [0.3, 0.4) is 0 Å². The van der Waals surface area contributed by atoms with Crippen LogP contribution < -0.4 is 4.90 Å². The van der Waals surface area contributed by atoms with Crippen molar-refractivity contribution in [3.8, 4) is 22.3 Å². The highest BCUT2D eigenvalue weighted by Gasteiger charge is 2.53. The van der Waals surface area contributed by atoms with E-state index in [2.05, 4.69) is 207 Å². The molecule has 0 saturated heterocycles. The quantitative estimate of drug-likeness (QED) is 0.176. The van der Waals surface area contributed by atoms with E-state index < -0.39 is 5.41 Å². The lowest BCUT2D eigenvalue weighted by Gasteiger charge is -2.47. The Bertz CT molecular complexity index is 2890. The maximum atomic E-state index is 2.45. The molecule has 1 spiro atoms. The number of hydrogen-bond donors (Lipinski definition) is 0. The molecule has 0 atom stereocenters. The van der Waals surface area contributed by atoms with Crippen LogP contribution in [0, 0.1) is 0 Å². The van der Waals surface area contributed by atoms with Crippen molar-refractivity contribution in [2.24, 2.45) is 0 Å². The Hall–Kier alpha value is -6.22. The first-order valence-electron chi connectivity index (χ1n) is 18.9. The van der Waals surface area contributed by atoms with E-state index >= 15 is 0 Å². The van der Waals surface area contributed by atoms with E-state index in [1.165, 1.54) is 81.5 Å². The molecule has 2 aliphatic carbocycles. The standard InChI is InChI=1S/C52H37NS/c1-51(2)44-28-11-12-29-45(44)52(42-26-9-6-21-38(42)39-22-7-10-27-43(39)52)46-30-15-24-37(49(46)51)34-17-14-20-36(33-34)53(35-18-4-3-5-19-35)47-31-16-25-41-40-23-8-13-32-48(40)54-50(41)47/h3-33H,1-2H3. The summed E-state index contributed by atoms with van der Waals surface area (Å²) in [5.41, 5.74) is 16.2. The van der Waals surface area contributed by atoms with E-state index in [9.17, 15) is 0 Å². The van der Waals surface area contributed by atoms with E-state index in [0.717, 1.165) is 11.4 Å². The number of nitrogens with zero attached hydrogens (tertiary/aromatic N) is 1. The SMILES string of the molecule is CC1(C)c2ccccc2C2(c3ccccc3-c3ccccc32)c2cccc(-c3cccc(N(c4ccccc4)c4cccc5c4sc4ccccc45)c3)c21. The predicted octanol–water partition coefficient (Wildman–Crippen LogP) is 14.2. The van der Waals surface area contributed by atoms with Gasteiger partial charge in [-0.25, -0.2) is 0 Å². The van der Waals surface area contributed by atoms with Crippen molar-refractivity contribution in [2.45, 2.75) is 24.7 Å². The fraction of sp³-hybridized carbons (Fsp3) is 0.0769. The minimum absolute atomic E-state index is 0.252. The van der Waals surface area contributed by atoms with E-state index in [0.29, 0.717) is 0 Å². The van der Waals surface area contributed by atoms with E-state index in [1.54, 1.807) is 0 Å². The lowest BCUT2D eigenvalue weighted by molar-refractivity contribution is 0.565. The number of para-hydroxylation sites is 1. The van der Waals surface area contributed by atoms with Crippen LogP contribution in [0.5, 0.6) is 0 Å². The number of thiophene rings is 1. The molecule has 1 nitrogen and oxygen atoms in total. The van der Waals surface area contributed by atoms with E-state index in [1.807, 2.05) is 11.3 Å². The van der Waals surface area contributed by atoms with Crippen LogP contribution in [0.1, 0.15) is 47.2 Å². The van der Waals surface area contributed by atoms with Gasteiger partial charge in [0.1, 0.15) is 0 Å². The summed E-state index contributed by atoms with van der Waals surface area (Å²) in [4.78, 5) is 2.45. The molecule has 9 aromatic rings. The summed E-state index contributed by atoms with van der Waals surface area (Å²) in [6.07, 6.45) is 0. The van der Waals surface area contributed by atoms with Crippen LogP contribution in [0.25, 0.3) is 42.4 Å². The smallest absolute Gasteiger partial charge is 0.0719 e. The molecule has 2 aliphatic rings. The van der Waals surface area contributed by atoms with Gasteiger partial charge in [-0.1, -0.05) is 166 Å². The molecular weight excluding hydrogens is 671 g/mol. The summed E-state index contributed by atoms with van der Waals surface area (Å²) in [6.45, 7) is 4.85. The summed E-state index contributed by atoms with van der Waals surface area (Å²) in [5, 5.41) is 2.61. The van der Waals surface area contributed by atoms with Gasteiger partial charge in [-0.15, -0.1) is 11.3 Å². The molecule has 0 unspecified atom stereocenters. The maximum Gasteiger partial charge on any atom is 0.0719 e. The number of benzene rings is 8. The molecule has 0 amide bonds. The molecule has 0 fully saturated rings. The van der Waals surface area contributed by atoms with Gasteiger partial charge in [-0.05, 0) is 92.0 Å². The van der Waals surface area contributed by atoms with Crippen LogP contribution in [0.2, 0.25) is 0 Å². The molecule has 0 saturated carbocycles. The number of fused-ring (bicyclic) bond motifs is 12. The second kappa shape index (κ2) is 11.6. The third-order valence-electron chi connectivity index (χ3n) is 12.1. The van der Waals surface area contributed by atoms with Gasteiger partial charge in [0.2, 0.25) is 0 Å². The average molecular weight is 708 g/mol. The van der Waals surface area contributed by atoms with Gasteiger partial charge in [0.15, 0.2) is 0 Å². The summed E-state index contributed by atoms with van der Waals surface area (Å²) >= 11 is 1.88. The Morgan fingerprint density at radius 3 is 1.76 bits per heavy atom. The van der Waals surface area contributed by atoms with Gasteiger partial charge in [0, 0.05) is 32.3 Å². The highest BCUT2D eigenvalue weighted by atomic mass is 32.1. The lowest BCUT2D eigenvalue weighted by Crippen LogP contribution is -2.41. The Kier molecular flexibility index (Phi) is 6.75. The second-order valence-corrected chi connectivity index (χ2v) is 16.3. The molecule has 8 aromatic carbocycles. The van der Waals surface area contributed by atoms with Gasteiger partial charge in [0.05, 0.1) is 15.8 Å². The van der Waals surface area contributed by atoms with Gasteiger partial charge in [-0.2, -0.15) is 0 Å². The summed E-state index contributed by atoms with van der Waals surface area (Å²) in [7, 11) is 0. The zero-order valence-electron chi connectivity index (χ0n) is 30.3. The minimum atomic E-state index is -0.421. The van der Waals surface area contributed by atoms with Crippen molar-refractivity contribution in [3.05, 3.63) is 221 Å². The monoisotopic (exact) mass is 707 g/mol. The van der Waals surface area contributed by atoms with Crippen molar-refractivity contribution in [1.82, 2.24) is 0 Å². The summed E-state index contributed by atoms with van der Waals surface area (Å²) in [5.74, 6) is 0. The van der Waals surface area contributed by atoms with Gasteiger partial charge in [-0.3, -0.25) is 0 Å². The Balaban J connectivity index is 1.17. The molecule has 2 heteroatoms. The first-order valence-corrected chi connectivity index (χ1v) is 19.7. The van der Waals surface area contributed by atoms with Crippen LogP contribution in [0.15, 0.2) is 188 Å². The van der Waals surface area contributed by atoms with Crippen molar-refractivity contribution >= 4 is 48.6 Å². The van der Waals surface area contributed by atoms with Crippen molar-refractivity contribution in [2.75, 3.05) is 4.90 Å². The Morgan fingerprint density at radius 1 is 0.426 bits per heavy atom. The molecule has 0 N–H and O–H groups in total. The maximum absolute atomic E-state index is 2.45. The molecule has 1 heterocycles. The lowest BCUT2D eigenvalue weighted by atomic mass is 9.54. The zero-order chi connectivity index (χ0) is 36.0. The molecule has 256 valence electrons. The van der Waals surface area contributed by atoms with E-state index in [-0.39, 0.29) is 5.41 Å². The summed E-state index contributed by atoms with van der Waals surface area (Å²) < 4.78 is 2.60. The number of hydrogen-bond acceptors (Lipinski definition) is 2. The Morgan fingerprint density at radius 2 is 0.981 bits per heavy atom. The van der Waals surface area contributed by atoms with Crippen molar-refractivity contribution < 1.29 is 0 Å². The topological polar surface area (TPSA) is 3.24 Å².